The highest BCUT2D eigenvalue weighted by Gasteiger charge is 2.17. The fraction of sp³-hybridized carbons (Fsp3) is 0.120. The molecule has 0 aliphatic rings. The minimum atomic E-state index is -0.777. The number of benzene rings is 3. The van der Waals surface area contributed by atoms with Gasteiger partial charge in [-0.05, 0) is 54.1 Å². The summed E-state index contributed by atoms with van der Waals surface area (Å²) in [6, 6.07) is 16.8. The van der Waals surface area contributed by atoms with Gasteiger partial charge in [-0.3, -0.25) is 4.79 Å². The second-order valence-electron chi connectivity index (χ2n) is 7.08. The molecule has 1 amide bonds. The highest BCUT2D eigenvalue weighted by molar-refractivity contribution is 6.06. The number of amides is 1. The average Bonchev–Trinajstić information content (AvgIpc) is 2.84. The number of rotatable bonds is 6. The van der Waals surface area contributed by atoms with E-state index in [1.54, 1.807) is 38.5 Å². The van der Waals surface area contributed by atoms with Gasteiger partial charge in [0.05, 0.1) is 21.3 Å². The topological polar surface area (TPSA) is 107 Å². The first-order valence-corrected chi connectivity index (χ1v) is 9.92. The van der Waals surface area contributed by atoms with Crippen LogP contribution in [0.5, 0.6) is 23.0 Å². The van der Waals surface area contributed by atoms with E-state index in [2.05, 4.69) is 5.32 Å². The molecule has 0 atom stereocenters. The van der Waals surface area contributed by atoms with Crippen LogP contribution in [0, 0.1) is 0 Å². The summed E-state index contributed by atoms with van der Waals surface area (Å²) in [6.45, 7) is 0. The minimum absolute atomic E-state index is 0.0422. The van der Waals surface area contributed by atoms with E-state index < -0.39 is 11.5 Å². The lowest BCUT2D eigenvalue weighted by Gasteiger charge is -2.12. The number of phenols is 1. The van der Waals surface area contributed by atoms with Gasteiger partial charge in [0.15, 0.2) is 11.3 Å². The number of aromatic hydroxyl groups is 1. The van der Waals surface area contributed by atoms with Crippen molar-refractivity contribution in [1.29, 1.82) is 0 Å². The van der Waals surface area contributed by atoms with E-state index in [1.165, 1.54) is 19.2 Å². The van der Waals surface area contributed by atoms with Gasteiger partial charge in [0, 0.05) is 16.5 Å². The standard InChI is InChI=1S/C25H21NO7/c1-30-17-6-4-5-14(11-17)18-12-16(8-10-21(18)31-2)24(28)26-19-13-15-7-9-20(27)23(32-3)22(15)33-25(19)29/h4-13,27H,1-3H3,(H,26,28). The van der Waals surface area contributed by atoms with Gasteiger partial charge >= 0.3 is 5.63 Å². The SMILES string of the molecule is COc1cccc(-c2cc(C(=O)Nc3cc4ccc(O)c(OC)c4oc3=O)ccc2OC)c1. The van der Waals surface area contributed by atoms with Gasteiger partial charge in [0.25, 0.3) is 5.91 Å². The van der Waals surface area contributed by atoms with Gasteiger partial charge in [0.2, 0.25) is 5.75 Å². The van der Waals surface area contributed by atoms with Crippen molar-refractivity contribution in [3.05, 3.63) is 76.6 Å². The summed E-state index contributed by atoms with van der Waals surface area (Å²) < 4.78 is 21.1. The zero-order chi connectivity index (χ0) is 23.5. The van der Waals surface area contributed by atoms with Crippen LogP contribution in [0.3, 0.4) is 0 Å². The summed E-state index contributed by atoms with van der Waals surface area (Å²) in [6.07, 6.45) is 0. The molecule has 0 aliphatic heterocycles. The second-order valence-corrected chi connectivity index (χ2v) is 7.08. The van der Waals surface area contributed by atoms with Crippen LogP contribution in [0.25, 0.3) is 22.1 Å². The van der Waals surface area contributed by atoms with Crippen molar-refractivity contribution in [3.63, 3.8) is 0 Å². The van der Waals surface area contributed by atoms with Crippen molar-refractivity contribution in [3.8, 4) is 34.1 Å². The molecule has 0 aliphatic carbocycles. The van der Waals surface area contributed by atoms with Crippen LogP contribution < -0.4 is 25.2 Å². The third-order valence-electron chi connectivity index (χ3n) is 5.13. The molecule has 0 bridgehead atoms. The Labute approximate surface area is 188 Å². The lowest BCUT2D eigenvalue weighted by atomic mass is 10.0. The van der Waals surface area contributed by atoms with E-state index in [1.807, 2.05) is 24.3 Å². The molecule has 2 N–H and O–H groups in total. The molecule has 0 radical (unpaired) electrons. The summed E-state index contributed by atoms with van der Waals surface area (Å²) in [5.74, 6) is 0.629. The number of phenolic OH excluding ortho intramolecular Hbond substituents is 1. The molecule has 0 saturated carbocycles. The number of nitrogens with one attached hydrogen (secondary N) is 1. The predicted octanol–water partition coefficient (Wildman–Crippen LogP) is 4.44. The minimum Gasteiger partial charge on any atom is -0.504 e. The van der Waals surface area contributed by atoms with Crippen LogP contribution in [0.4, 0.5) is 5.69 Å². The summed E-state index contributed by atoms with van der Waals surface area (Å²) in [7, 11) is 4.48. The molecule has 8 nitrogen and oxygen atoms in total. The average molecular weight is 447 g/mol. The first-order chi connectivity index (χ1) is 15.9. The Hall–Kier alpha value is -4.46. The Morgan fingerprint density at radius 2 is 1.76 bits per heavy atom. The van der Waals surface area contributed by atoms with E-state index in [0.29, 0.717) is 28.0 Å². The molecule has 4 aromatic rings. The smallest absolute Gasteiger partial charge is 0.360 e. The van der Waals surface area contributed by atoms with Gasteiger partial charge in [-0.25, -0.2) is 4.79 Å². The summed E-state index contributed by atoms with van der Waals surface area (Å²) in [4.78, 5) is 25.5. The Morgan fingerprint density at radius 1 is 0.939 bits per heavy atom. The molecule has 168 valence electrons. The van der Waals surface area contributed by atoms with Crippen LogP contribution in [-0.4, -0.2) is 32.3 Å². The number of ether oxygens (including phenoxy) is 3. The summed E-state index contributed by atoms with van der Waals surface area (Å²) >= 11 is 0. The molecular weight excluding hydrogens is 426 g/mol. The predicted molar refractivity (Wildman–Crippen MR) is 124 cm³/mol. The van der Waals surface area contributed by atoms with Crippen LogP contribution in [0.2, 0.25) is 0 Å². The fourth-order valence-corrected chi connectivity index (χ4v) is 3.49. The van der Waals surface area contributed by atoms with E-state index in [4.69, 9.17) is 18.6 Å². The lowest BCUT2D eigenvalue weighted by Crippen LogP contribution is -2.18. The number of carbonyl (C=O) groups is 1. The van der Waals surface area contributed by atoms with Crippen molar-refractivity contribution in [2.75, 3.05) is 26.6 Å². The maximum absolute atomic E-state index is 13.0. The normalized spacial score (nSPS) is 10.6. The molecule has 1 aromatic heterocycles. The van der Waals surface area contributed by atoms with Crippen molar-refractivity contribution in [2.45, 2.75) is 0 Å². The van der Waals surface area contributed by atoms with E-state index in [0.717, 1.165) is 5.56 Å². The van der Waals surface area contributed by atoms with Crippen LogP contribution in [0.15, 0.2) is 69.9 Å². The van der Waals surface area contributed by atoms with E-state index >= 15 is 0 Å². The van der Waals surface area contributed by atoms with Gasteiger partial charge in [-0.2, -0.15) is 0 Å². The molecule has 0 saturated heterocycles. The molecule has 33 heavy (non-hydrogen) atoms. The van der Waals surface area contributed by atoms with Crippen molar-refractivity contribution < 1.29 is 28.5 Å². The van der Waals surface area contributed by atoms with Crippen molar-refractivity contribution >= 4 is 22.6 Å². The molecule has 1 heterocycles. The van der Waals surface area contributed by atoms with Gasteiger partial charge < -0.3 is 29.1 Å². The van der Waals surface area contributed by atoms with E-state index in [9.17, 15) is 14.7 Å². The Bertz CT molecular complexity index is 1410. The number of anilines is 1. The third-order valence-corrected chi connectivity index (χ3v) is 5.13. The fourth-order valence-electron chi connectivity index (χ4n) is 3.49. The van der Waals surface area contributed by atoms with Gasteiger partial charge in [-0.15, -0.1) is 0 Å². The molecular formula is C25H21NO7. The maximum Gasteiger partial charge on any atom is 0.360 e. The monoisotopic (exact) mass is 447 g/mol. The van der Waals surface area contributed by atoms with Crippen molar-refractivity contribution in [1.82, 2.24) is 0 Å². The first kappa shape index (κ1) is 21.8. The molecule has 0 unspecified atom stereocenters. The maximum atomic E-state index is 13.0. The zero-order valence-electron chi connectivity index (χ0n) is 18.2. The third kappa shape index (κ3) is 4.18. The summed E-state index contributed by atoms with van der Waals surface area (Å²) in [5.41, 5.74) is 1.08. The Kier molecular flexibility index (Phi) is 5.91. The zero-order valence-corrected chi connectivity index (χ0v) is 18.2. The second kappa shape index (κ2) is 8.96. The Morgan fingerprint density at radius 3 is 2.48 bits per heavy atom. The quantitative estimate of drug-likeness (QED) is 0.421. The number of hydrogen-bond donors (Lipinski definition) is 2. The Balaban J connectivity index is 1.70. The molecule has 4 rings (SSSR count). The van der Waals surface area contributed by atoms with Crippen molar-refractivity contribution in [2.24, 2.45) is 0 Å². The number of hydrogen-bond acceptors (Lipinski definition) is 7. The first-order valence-electron chi connectivity index (χ1n) is 9.92. The molecule has 0 spiro atoms. The number of methoxy groups -OCH3 is 3. The van der Waals surface area contributed by atoms with Crippen LogP contribution in [-0.2, 0) is 0 Å². The van der Waals surface area contributed by atoms with Gasteiger partial charge in [-0.1, -0.05) is 12.1 Å². The highest BCUT2D eigenvalue weighted by Crippen LogP contribution is 2.35. The van der Waals surface area contributed by atoms with Crippen LogP contribution >= 0.6 is 0 Å². The summed E-state index contributed by atoms with van der Waals surface area (Å²) in [5, 5.41) is 13.0. The van der Waals surface area contributed by atoms with Gasteiger partial charge in [0.1, 0.15) is 17.2 Å². The largest absolute Gasteiger partial charge is 0.504 e. The number of carbonyl (C=O) groups excluding carboxylic acids is 1. The highest BCUT2D eigenvalue weighted by atomic mass is 16.5. The molecule has 8 heteroatoms. The molecule has 0 fully saturated rings. The van der Waals surface area contributed by atoms with E-state index in [-0.39, 0.29) is 22.8 Å². The number of fused-ring (bicyclic) bond motifs is 1. The molecule has 3 aromatic carbocycles. The van der Waals surface area contributed by atoms with Crippen LogP contribution in [0.1, 0.15) is 10.4 Å². The lowest BCUT2D eigenvalue weighted by molar-refractivity contribution is 0.102.